The van der Waals surface area contributed by atoms with Gasteiger partial charge in [-0.1, -0.05) is 11.3 Å². The number of nitrogens with one attached hydrogen (secondary N) is 2. The van der Waals surface area contributed by atoms with Gasteiger partial charge in [-0.15, -0.1) is 0 Å². The summed E-state index contributed by atoms with van der Waals surface area (Å²) in [5, 5.41) is 6.69. The molecule has 1 saturated heterocycles. The lowest BCUT2D eigenvalue weighted by molar-refractivity contribution is -0.133. The van der Waals surface area contributed by atoms with Crippen molar-refractivity contribution in [1.82, 2.24) is 15.2 Å². The Hall–Kier alpha value is -1.83. The topological polar surface area (TPSA) is 100 Å². The number of aromatic nitrogens is 1. The van der Waals surface area contributed by atoms with E-state index in [0.29, 0.717) is 29.1 Å². The highest BCUT2D eigenvalue weighted by Crippen LogP contribution is 2.32. The number of piperazine rings is 1. The monoisotopic (exact) mass is 309 g/mol. The van der Waals surface area contributed by atoms with Gasteiger partial charge in [-0.2, -0.15) is 0 Å². The molecule has 2 amide bonds. The molecule has 7 nitrogen and oxygen atoms in total. The molecule has 0 atom stereocenters. The molecule has 2 heterocycles. The molecule has 0 aromatic carbocycles. The van der Waals surface area contributed by atoms with Crippen molar-refractivity contribution in [1.29, 1.82) is 0 Å². The highest BCUT2D eigenvalue weighted by molar-refractivity contribution is 7.18. The predicted octanol–water partition coefficient (Wildman–Crippen LogP) is 0.650. The van der Waals surface area contributed by atoms with Crippen LogP contribution in [0.3, 0.4) is 0 Å². The van der Waals surface area contributed by atoms with Crippen LogP contribution in [-0.2, 0) is 4.79 Å². The summed E-state index contributed by atoms with van der Waals surface area (Å²) >= 11 is 1.26. The van der Waals surface area contributed by atoms with Crippen LogP contribution < -0.4 is 16.4 Å². The molecule has 0 unspecified atom stereocenters. The summed E-state index contributed by atoms with van der Waals surface area (Å²) in [5.41, 5.74) is 5.00. The first-order chi connectivity index (χ1) is 9.89. The summed E-state index contributed by atoms with van der Waals surface area (Å²) in [6.07, 6.45) is 2.25. The van der Waals surface area contributed by atoms with E-state index >= 15 is 0 Å². The number of hydrogen-bond donors (Lipinski definition) is 3. The van der Waals surface area contributed by atoms with Crippen LogP contribution in [0.1, 0.15) is 36.4 Å². The van der Waals surface area contributed by atoms with E-state index in [1.54, 1.807) is 18.7 Å². The van der Waals surface area contributed by atoms with Crippen LogP contribution in [0.15, 0.2) is 0 Å². The summed E-state index contributed by atoms with van der Waals surface area (Å²) in [7, 11) is 0. The predicted molar refractivity (Wildman–Crippen MR) is 81.3 cm³/mol. The van der Waals surface area contributed by atoms with Crippen LogP contribution in [0, 0.1) is 0 Å². The van der Waals surface area contributed by atoms with Crippen LogP contribution in [-0.4, -0.2) is 46.4 Å². The fourth-order valence-corrected chi connectivity index (χ4v) is 3.24. The number of amides is 2. The van der Waals surface area contributed by atoms with E-state index in [2.05, 4.69) is 15.6 Å². The molecule has 114 valence electrons. The van der Waals surface area contributed by atoms with E-state index in [0.717, 1.165) is 12.8 Å². The third-order valence-corrected chi connectivity index (χ3v) is 4.84. The van der Waals surface area contributed by atoms with Gasteiger partial charge in [0.1, 0.15) is 16.2 Å². The van der Waals surface area contributed by atoms with Gasteiger partial charge in [-0.25, -0.2) is 4.98 Å². The average Bonchev–Trinajstić information content (AvgIpc) is 3.14. The Morgan fingerprint density at radius 3 is 2.90 bits per heavy atom. The number of thiazole rings is 1. The maximum atomic E-state index is 12.7. The molecule has 4 N–H and O–H groups in total. The van der Waals surface area contributed by atoms with Crippen molar-refractivity contribution < 1.29 is 9.59 Å². The lowest BCUT2D eigenvalue weighted by Crippen LogP contribution is -2.63. The van der Waals surface area contributed by atoms with E-state index in [1.807, 2.05) is 0 Å². The lowest BCUT2D eigenvalue weighted by atomic mass is 9.98. The first-order valence-electron chi connectivity index (χ1n) is 7.02. The number of nitrogens with zero attached hydrogens (tertiary/aromatic N) is 2. The number of carbonyl (C=O) groups is 2. The van der Waals surface area contributed by atoms with Gasteiger partial charge in [-0.05, 0) is 26.7 Å². The van der Waals surface area contributed by atoms with E-state index in [1.165, 1.54) is 11.3 Å². The minimum Gasteiger partial charge on any atom is -0.382 e. The summed E-state index contributed by atoms with van der Waals surface area (Å²) in [6.45, 7) is 4.40. The minimum atomic E-state index is -0.879. The molecular formula is C13H19N5O2S. The van der Waals surface area contributed by atoms with Crippen molar-refractivity contribution in [3.8, 4) is 0 Å². The van der Waals surface area contributed by atoms with E-state index < -0.39 is 5.54 Å². The maximum Gasteiger partial charge on any atom is 0.268 e. The number of anilines is 2. The number of carbonyl (C=O) groups excluding carboxylic acids is 2. The summed E-state index contributed by atoms with van der Waals surface area (Å²) in [5.74, 6) is -0.148. The first kappa shape index (κ1) is 14.1. The molecule has 21 heavy (non-hydrogen) atoms. The van der Waals surface area contributed by atoms with Crippen LogP contribution in [0.4, 0.5) is 10.9 Å². The molecular weight excluding hydrogens is 290 g/mol. The smallest absolute Gasteiger partial charge is 0.268 e. The molecule has 1 aliphatic heterocycles. The normalized spacial score (nSPS) is 21.0. The number of nitrogen functional groups attached to an aromatic ring is 1. The van der Waals surface area contributed by atoms with E-state index in [4.69, 9.17) is 5.73 Å². The van der Waals surface area contributed by atoms with Gasteiger partial charge in [0.25, 0.3) is 5.91 Å². The largest absolute Gasteiger partial charge is 0.382 e. The molecule has 2 fully saturated rings. The molecule has 0 spiro atoms. The van der Waals surface area contributed by atoms with E-state index in [9.17, 15) is 9.59 Å². The standard InChI is InChI=1S/C13H19N5O2S/c1-13(2)11(20)15-5-6-18(13)10(19)8-9(14)17-12(21-8)16-7-3-4-7/h7H,3-6,14H2,1-2H3,(H,15,20)(H,16,17). The average molecular weight is 309 g/mol. The van der Waals surface area contributed by atoms with Gasteiger partial charge in [0, 0.05) is 19.1 Å². The van der Waals surface area contributed by atoms with Gasteiger partial charge >= 0.3 is 0 Å². The lowest BCUT2D eigenvalue weighted by Gasteiger charge is -2.40. The van der Waals surface area contributed by atoms with Crippen LogP contribution in [0.2, 0.25) is 0 Å². The Morgan fingerprint density at radius 2 is 2.24 bits per heavy atom. The van der Waals surface area contributed by atoms with Gasteiger partial charge in [0.05, 0.1) is 0 Å². The zero-order valence-electron chi connectivity index (χ0n) is 12.1. The van der Waals surface area contributed by atoms with Gasteiger partial charge in [0.2, 0.25) is 5.91 Å². The molecule has 2 aliphatic rings. The molecule has 1 saturated carbocycles. The zero-order chi connectivity index (χ0) is 15.2. The highest BCUT2D eigenvalue weighted by Gasteiger charge is 2.41. The Bertz CT molecular complexity index is 593. The van der Waals surface area contributed by atoms with Crippen molar-refractivity contribution in [3.05, 3.63) is 4.88 Å². The second-order valence-corrected chi connectivity index (χ2v) is 6.92. The Morgan fingerprint density at radius 1 is 1.52 bits per heavy atom. The maximum absolute atomic E-state index is 12.7. The van der Waals surface area contributed by atoms with Gasteiger partial charge < -0.3 is 21.3 Å². The molecule has 8 heteroatoms. The number of rotatable bonds is 3. The van der Waals surface area contributed by atoms with Crippen LogP contribution >= 0.6 is 11.3 Å². The molecule has 1 aliphatic carbocycles. The third-order valence-electron chi connectivity index (χ3n) is 3.85. The Kier molecular flexibility index (Phi) is 3.27. The van der Waals surface area contributed by atoms with Crippen LogP contribution in [0.5, 0.6) is 0 Å². The van der Waals surface area contributed by atoms with Crippen LogP contribution in [0.25, 0.3) is 0 Å². The van der Waals surface area contributed by atoms with Crippen molar-refractivity contribution in [3.63, 3.8) is 0 Å². The second-order valence-electron chi connectivity index (χ2n) is 5.92. The molecule has 1 aromatic rings. The Labute approximate surface area is 126 Å². The van der Waals surface area contributed by atoms with E-state index in [-0.39, 0.29) is 17.6 Å². The fourth-order valence-electron chi connectivity index (χ4n) is 2.33. The summed E-state index contributed by atoms with van der Waals surface area (Å²) in [4.78, 5) is 30.8. The third kappa shape index (κ3) is 2.55. The van der Waals surface area contributed by atoms with Crippen molar-refractivity contribution in [2.24, 2.45) is 0 Å². The summed E-state index contributed by atoms with van der Waals surface area (Å²) in [6, 6.07) is 0.454. The van der Waals surface area contributed by atoms with Crippen molar-refractivity contribution in [2.45, 2.75) is 38.3 Å². The number of hydrogen-bond acceptors (Lipinski definition) is 6. The van der Waals surface area contributed by atoms with Crippen molar-refractivity contribution >= 4 is 34.1 Å². The minimum absolute atomic E-state index is 0.151. The molecule has 0 radical (unpaired) electrons. The first-order valence-corrected chi connectivity index (χ1v) is 7.84. The van der Waals surface area contributed by atoms with Crippen molar-refractivity contribution in [2.75, 3.05) is 24.1 Å². The highest BCUT2D eigenvalue weighted by atomic mass is 32.1. The summed E-state index contributed by atoms with van der Waals surface area (Å²) < 4.78 is 0. The quantitative estimate of drug-likeness (QED) is 0.761. The number of nitrogens with two attached hydrogens (primary N) is 1. The molecule has 0 bridgehead atoms. The van der Waals surface area contributed by atoms with Gasteiger partial charge in [0.15, 0.2) is 5.13 Å². The fraction of sp³-hybridized carbons (Fsp3) is 0.615. The molecule has 3 rings (SSSR count). The second kappa shape index (κ2) is 4.87. The SMILES string of the molecule is CC1(C)C(=O)NCCN1C(=O)c1sc(NC2CC2)nc1N. The Balaban J connectivity index is 1.83. The molecule has 1 aromatic heterocycles. The van der Waals surface area contributed by atoms with Gasteiger partial charge in [-0.3, -0.25) is 9.59 Å². The zero-order valence-corrected chi connectivity index (χ0v) is 12.9.